The van der Waals surface area contributed by atoms with E-state index in [0.29, 0.717) is 68.0 Å². The van der Waals surface area contributed by atoms with Gasteiger partial charge in [0.25, 0.3) is 0 Å². The zero-order chi connectivity index (χ0) is 32.8. The molecular formula is C37H31N7O2. The first kappa shape index (κ1) is 31.1. The van der Waals surface area contributed by atoms with Gasteiger partial charge in [0, 0.05) is 33.9 Å². The van der Waals surface area contributed by atoms with Crippen LogP contribution in [0.25, 0.3) is 0 Å². The number of hydrogen-bond acceptors (Lipinski definition) is 9. The van der Waals surface area contributed by atoms with Crippen LogP contribution in [0.15, 0.2) is 112 Å². The van der Waals surface area contributed by atoms with Gasteiger partial charge in [0.2, 0.25) is 0 Å². The predicted molar refractivity (Wildman–Crippen MR) is 171 cm³/mol. The number of dihydropyridines is 2. The van der Waals surface area contributed by atoms with Crippen LogP contribution in [0.1, 0.15) is 62.0 Å². The van der Waals surface area contributed by atoms with Crippen molar-refractivity contribution in [3.63, 3.8) is 0 Å². The van der Waals surface area contributed by atoms with E-state index < -0.39 is 11.8 Å². The van der Waals surface area contributed by atoms with Crippen molar-refractivity contribution in [3.05, 3.63) is 134 Å². The largest absolute Gasteiger partial charge is 0.487 e. The van der Waals surface area contributed by atoms with Crippen molar-refractivity contribution in [2.75, 3.05) is 0 Å². The average molecular weight is 606 g/mol. The lowest BCUT2D eigenvalue weighted by Gasteiger charge is -2.27. The van der Waals surface area contributed by atoms with E-state index in [2.05, 4.69) is 34.9 Å². The van der Waals surface area contributed by atoms with Crippen LogP contribution in [0.4, 0.5) is 0 Å². The topological polar surface area (TPSA) is 151 Å². The Labute approximate surface area is 268 Å². The summed E-state index contributed by atoms with van der Waals surface area (Å²) in [6.07, 6.45) is 0. The van der Waals surface area contributed by atoms with Gasteiger partial charge >= 0.3 is 0 Å². The fraction of sp³-hybridized carbons (Fsp3) is 0.216. The van der Waals surface area contributed by atoms with Gasteiger partial charge in [-0.2, -0.15) is 21.0 Å². The molecule has 1 aromatic heterocycles. The summed E-state index contributed by atoms with van der Waals surface area (Å²) in [4.78, 5) is 4.74. The zero-order valence-corrected chi connectivity index (χ0v) is 26.0. The Hall–Kier alpha value is -6.29. The Morgan fingerprint density at radius 1 is 0.543 bits per heavy atom. The van der Waals surface area contributed by atoms with Crippen LogP contribution in [0, 0.1) is 45.3 Å². The van der Waals surface area contributed by atoms with Crippen LogP contribution >= 0.6 is 0 Å². The number of rotatable bonds is 8. The molecule has 0 bridgehead atoms. The van der Waals surface area contributed by atoms with E-state index in [9.17, 15) is 21.0 Å². The van der Waals surface area contributed by atoms with Gasteiger partial charge in [0.05, 0.1) is 69.8 Å². The summed E-state index contributed by atoms with van der Waals surface area (Å²) in [5, 5.41) is 46.0. The Balaban J connectivity index is 1.36. The van der Waals surface area contributed by atoms with Gasteiger partial charge in [-0.05, 0) is 52.0 Å². The van der Waals surface area contributed by atoms with Crippen LogP contribution in [0.5, 0.6) is 11.5 Å². The molecule has 2 aromatic carbocycles. The lowest BCUT2D eigenvalue weighted by molar-refractivity contribution is 0.287. The average Bonchev–Trinajstić information content (AvgIpc) is 3.06. The molecule has 0 unspecified atom stereocenters. The monoisotopic (exact) mass is 605 g/mol. The van der Waals surface area contributed by atoms with Crippen molar-refractivity contribution in [1.82, 2.24) is 15.6 Å². The van der Waals surface area contributed by atoms with E-state index in [-0.39, 0.29) is 13.2 Å². The van der Waals surface area contributed by atoms with Gasteiger partial charge in [0.15, 0.2) is 0 Å². The second kappa shape index (κ2) is 13.6. The number of para-hydroxylation sites is 2. The first-order valence-corrected chi connectivity index (χ1v) is 14.7. The fourth-order valence-electron chi connectivity index (χ4n) is 5.90. The molecule has 226 valence electrons. The molecule has 2 aliphatic heterocycles. The zero-order valence-electron chi connectivity index (χ0n) is 26.0. The third-order valence-electron chi connectivity index (χ3n) is 8.08. The van der Waals surface area contributed by atoms with Crippen molar-refractivity contribution >= 4 is 0 Å². The van der Waals surface area contributed by atoms with Crippen LogP contribution in [0.2, 0.25) is 0 Å². The molecule has 2 aliphatic rings. The molecule has 3 heterocycles. The molecular weight excluding hydrogens is 574 g/mol. The number of nitrogens with zero attached hydrogens (tertiary/aromatic N) is 5. The first-order chi connectivity index (χ1) is 22.3. The Morgan fingerprint density at radius 2 is 0.891 bits per heavy atom. The highest BCUT2D eigenvalue weighted by Crippen LogP contribution is 2.42. The molecule has 9 heteroatoms. The second-order valence-corrected chi connectivity index (χ2v) is 11.0. The van der Waals surface area contributed by atoms with E-state index in [1.54, 1.807) is 0 Å². The quantitative estimate of drug-likeness (QED) is 0.282. The Kier molecular flexibility index (Phi) is 9.18. The normalized spacial score (nSPS) is 15.3. The van der Waals surface area contributed by atoms with Gasteiger partial charge in [-0.3, -0.25) is 4.98 Å². The number of benzene rings is 2. The second-order valence-electron chi connectivity index (χ2n) is 11.0. The van der Waals surface area contributed by atoms with Crippen molar-refractivity contribution in [1.29, 1.82) is 21.0 Å². The molecule has 0 spiro atoms. The van der Waals surface area contributed by atoms with Crippen molar-refractivity contribution in [2.45, 2.75) is 52.7 Å². The predicted octanol–water partition coefficient (Wildman–Crippen LogP) is 6.80. The summed E-state index contributed by atoms with van der Waals surface area (Å²) < 4.78 is 12.5. The summed E-state index contributed by atoms with van der Waals surface area (Å²) >= 11 is 0. The first-order valence-electron chi connectivity index (χ1n) is 14.7. The van der Waals surface area contributed by atoms with Crippen molar-refractivity contribution in [2.24, 2.45) is 0 Å². The molecule has 2 N–H and O–H groups in total. The lowest BCUT2D eigenvalue weighted by atomic mass is 9.81. The SMILES string of the molecule is CC1=C(C#N)C(c2ccccc2OCc2cccc(COc3ccccc3C3C(C#N)=C(C)NC(C)=C3C#N)n2)C(C#N)=C(C)N1. The number of aromatic nitrogens is 1. The summed E-state index contributed by atoms with van der Waals surface area (Å²) in [6, 6.07) is 29.5. The summed E-state index contributed by atoms with van der Waals surface area (Å²) in [5.41, 5.74) is 7.52. The molecule has 0 atom stereocenters. The van der Waals surface area contributed by atoms with Gasteiger partial charge < -0.3 is 20.1 Å². The number of pyridine rings is 1. The number of ether oxygens (including phenoxy) is 2. The standard InChI is InChI=1S/C37H31N7O2/c1-22-30(16-38)36(31(17-39)23(2)42-22)28-12-5-7-14-34(28)45-20-26-10-9-11-27(44-26)21-46-35-15-8-6-13-29(35)37-32(18-40)24(3)43-25(4)33(37)19-41/h5-15,36-37,42-43H,20-21H2,1-4H3. The van der Waals surface area contributed by atoms with E-state index in [0.717, 1.165) is 11.1 Å². The van der Waals surface area contributed by atoms with Gasteiger partial charge in [0.1, 0.15) is 24.7 Å². The van der Waals surface area contributed by atoms with Gasteiger partial charge in [-0.15, -0.1) is 0 Å². The minimum Gasteiger partial charge on any atom is -0.487 e. The maximum atomic E-state index is 9.94. The number of nitrogens with one attached hydrogen (secondary N) is 2. The minimum absolute atomic E-state index is 0.155. The molecule has 0 saturated carbocycles. The van der Waals surface area contributed by atoms with Gasteiger partial charge in [-0.25, -0.2) is 0 Å². The number of nitriles is 4. The highest BCUT2D eigenvalue weighted by atomic mass is 16.5. The number of hydrogen-bond donors (Lipinski definition) is 2. The minimum atomic E-state index is -0.541. The van der Waals surface area contributed by atoms with Crippen LogP contribution in [0.3, 0.4) is 0 Å². The van der Waals surface area contributed by atoms with Crippen LogP contribution < -0.4 is 20.1 Å². The fourth-order valence-corrected chi connectivity index (χ4v) is 5.90. The van der Waals surface area contributed by atoms with Crippen LogP contribution in [-0.2, 0) is 13.2 Å². The van der Waals surface area contributed by atoms with E-state index in [4.69, 9.17) is 14.5 Å². The maximum Gasteiger partial charge on any atom is 0.130 e. The number of allylic oxidation sites excluding steroid dienone is 8. The molecule has 9 nitrogen and oxygen atoms in total. The smallest absolute Gasteiger partial charge is 0.130 e. The van der Waals surface area contributed by atoms with Crippen molar-refractivity contribution < 1.29 is 9.47 Å². The molecule has 0 radical (unpaired) electrons. The van der Waals surface area contributed by atoms with Crippen LogP contribution in [-0.4, -0.2) is 4.98 Å². The third-order valence-corrected chi connectivity index (χ3v) is 8.08. The van der Waals surface area contributed by atoms with E-state index >= 15 is 0 Å². The molecule has 0 amide bonds. The molecule has 0 saturated heterocycles. The highest BCUT2D eigenvalue weighted by molar-refractivity contribution is 5.59. The summed E-state index contributed by atoms with van der Waals surface area (Å²) in [5.74, 6) is 0.0346. The molecule has 0 aliphatic carbocycles. The highest BCUT2D eigenvalue weighted by Gasteiger charge is 2.32. The van der Waals surface area contributed by atoms with Gasteiger partial charge in [-0.1, -0.05) is 42.5 Å². The molecule has 0 fully saturated rings. The van der Waals surface area contributed by atoms with E-state index in [1.807, 2.05) is 94.4 Å². The van der Waals surface area contributed by atoms with E-state index in [1.165, 1.54) is 0 Å². The maximum absolute atomic E-state index is 9.94. The Morgan fingerprint density at radius 3 is 1.24 bits per heavy atom. The molecule has 3 aromatic rings. The lowest BCUT2D eigenvalue weighted by Crippen LogP contribution is -2.23. The van der Waals surface area contributed by atoms with Crippen molar-refractivity contribution in [3.8, 4) is 35.8 Å². The summed E-state index contributed by atoms with van der Waals surface area (Å²) in [6.45, 7) is 7.62. The molecule has 46 heavy (non-hydrogen) atoms. The molecule has 5 rings (SSSR count). The third kappa shape index (κ3) is 6.04. The Bertz CT molecular complexity index is 1800. The summed E-state index contributed by atoms with van der Waals surface area (Å²) in [7, 11) is 0.